The van der Waals surface area contributed by atoms with Gasteiger partial charge in [-0.05, 0) is 19.3 Å². The smallest absolute Gasteiger partial charge is 0.0496 e. The summed E-state index contributed by atoms with van der Waals surface area (Å²) in [5.74, 6) is 0. The van der Waals surface area contributed by atoms with E-state index in [4.69, 9.17) is 0 Å². The highest BCUT2D eigenvalue weighted by molar-refractivity contribution is 4.88. The third kappa shape index (κ3) is 2.96. The molecule has 1 atom stereocenters. The molecule has 2 fully saturated rings. The van der Waals surface area contributed by atoms with E-state index in [0.29, 0.717) is 6.61 Å². The van der Waals surface area contributed by atoms with Crippen molar-refractivity contribution in [3.8, 4) is 0 Å². The molecule has 0 aromatic rings. The zero-order valence-electron chi connectivity index (χ0n) is 10.8. The number of hydrogen-bond acceptors (Lipinski definition) is 3. The summed E-state index contributed by atoms with van der Waals surface area (Å²) in [5.41, 5.74) is 0.0990. The molecular weight excluding hydrogens is 200 g/mol. The molecule has 3 heteroatoms. The van der Waals surface area contributed by atoms with Gasteiger partial charge in [0.15, 0.2) is 0 Å². The van der Waals surface area contributed by atoms with Gasteiger partial charge < -0.3 is 10.0 Å². The van der Waals surface area contributed by atoms with Crippen LogP contribution in [-0.2, 0) is 0 Å². The molecule has 94 valence electrons. The van der Waals surface area contributed by atoms with E-state index in [1.54, 1.807) is 0 Å². The van der Waals surface area contributed by atoms with Crippen LogP contribution in [0.4, 0.5) is 0 Å². The van der Waals surface area contributed by atoms with Gasteiger partial charge in [-0.15, -0.1) is 0 Å². The van der Waals surface area contributed by atoms with E-state index < -0.39 is 0 Å². The second kappa shape index (κ2) is 5.03. The maximum Gasteiger partial charge on any atom is 0.0496 e. The molecule has 2 aliphatic rings. The van der Waals surface area contributed by atoms with Crippen LogP contribution in [0.1, 0.15) is 33.1 Å². The fraction of sp³-hybridized carbons (Fsp3) is 1.00. The number of rotatable bonds is 5. The first-order valence-corrected chi connectivity index (χ1v) is 6.74. The summed E-state index contributed by atoms with van der Waals surface area (Å²) in [7, 11) is 0. The predicted molar refractivity (Wildman–Crippen MR) is 66.5 cm³/mol. The highest BCUT2D eigenvalue weighted by Crippen LogP contribution is 2.28. The van der Waals surface area contributed by atoms with Crippen molar-refractivity contribution in [1.29, 1.82) is 0 Å². The lowest BCUT2D eigenvalue weighted by Crippen LogP contribution is -2.50. The van der Waals surface area contributed by atoms with Crippen molar-refractivity contribution in [1.82, 2.24) is 9.80 Å². The van der Waals surface area contributed by atoms with Gasteiger partial charge in [-0.3, -0.25) is 4.90 Å². The zero-order chi connectivity index (χ0) is 11.6. The second-order valence-corrected chi connectivity index (χ2v) is 5.87. The van der Waals surface area contributed by atoms with Crippen LogP contribution in [0.5, 0.6) is 0 Å². The van der Waals surface area contributed by atoms with Crippen molar-refractivity contribution in [2.24, 2.45) is 5.41 Å². The van der Waals surface area contributed by atoms with Gasteiger partial charge in [-0.1, -0.05) is 13.8 Å². The topological polar surface area (TPSA) is 26.7 Å². The number of hydrogen-bond donors (Lipinski definition) is 1. The van der Waals surface area contributed by atoms with Crippen molar-refractivity contribution in [3.05, 3.63) is 0 Å². The van der Waals surface area contributed by atoms with Crippen LogP contribution in [0, 0.1) is 5.41 Å². The zero-order valence-corrected chi connectivity index (χ0v) is 10.8. The van der Waals surface area contributed by atoms with Crippen LogP contribution in [0.2, 0.25) is 0 Å². The number of aliphatic hydroxyl groups excluding tert-OH is 1. The average Bonchev–Trinajstić information content (AvgIpc) is 3.14. The Hall–Kier alpha value is -0.120. The molecule has 3 nitrogen and oxygen atoms in total. The minimum atomic E-state index is 0.0990. The molecule has 1 unspecified atom stereocenters. The quantitative estimate of drug-likeness (QED) is 0.762. The molecule has 16 heavy (non-hydrogen) atoms. The summed E-state index contributed by atoms with van der Waals surface area (Å²) in [4.78, 5) is 5.16. The molecule has 0 aromatic heterocycles. The maximum atomic E-state index is 9.43. The minimum Gasteiger partial charge on any atom is -0.396 e. The first-order valence-electron chi connectivity index (χ1n) is 6.74. The largest absolute Gasteiger partial charge is 0.396 e. The average molecular weight is 226 g/mol. The highest BCUT2D eigenvalue weighted by atomic mass is 16.3. The van der Waals surface area contributed by atoms with Crippen LogP contribution in [0.3, 0.4) is 0 Å². The van der Waals surface area contributed by atoms with Crippen LogP contribution >= 0.6 is 0 Å². The second-order valence-electron chi connectivity index (χ2n) is 5.87. The Bertz CT molecular complexity index is 216. The Kier molecular flexibility index (Phi) is 3.88. The van der Waals surface area contributed by atoms with Gasteiger partial charge in [0.1, 0.15) is 0 Å². The van der Waals surface area contributed by atoms with Crippen molar-refractivity contribution in [3.63, 3.8) is 0 Å². The summed E-state index contributed by atoms with van der Waals surface area (Å²) < 4.78 is 0. The van der Waals surface area contributed by atoms with E-state index in [9.17, 15) is 5.11 Å². The SMILES string of the molecule is CCC(C)(CO)CN1CCN(C2CC2)CC1. The van der Waals surface area contributed by atoms with Gasteiger partial charge in [-0.2, -0.15) is 0 Å². The summed E-state index contributed by atoms with van der Waals surface area (Å²) >= 11 is 0. The molecule has 2 rings (SSSR count). The summed E-state index contributed by atoms with van der Waals surface area (Å²) in [6.45, 7) is 10.6. The van der Waals surface area contributed by atoms with Crippen molar-refractivity contribution in [2.75, 3.05) is 39.3 Å². The number of piperazine rings is 1. The van der Waals surface area contributed by atoms with E-state index in [1.165, 1.54) is 39.0 Å². The molecule has 0 spiro atoms. The van der Waals surface area contributed by atoms with Gasteiger partial charge in [0, 0.05) is 50.8 Å². The Morgan fingerprint density at radius 3 is 2.25 bits per heavy atom. The lowest BCUT2D eigenvalue weighted by atomic mass is 9.88. The van der Waals surface area contributed by atoms with Gasteiger partial charge in [0.25, 0.3) is 0 Å². The predicted octanol–water partition coefficient (Wildman–Crippen LogP) is 1.17. The minimum absolute atomic E-state index is 0.0990. The van der Waals surface area contributed by atoms with E-state index in [-0.39, 0.29) is 5.41 Å². The first kappa shape index (κ1) is 12.3. The highest BCUT2D eigenvalue weighted by Gasteiger charge is 2.32. The Morgan fingerprint density at radius 2 is 1.81 bits per heavy atom. The van der Waals surface area contributed by atoms with Gasteiger partial charge in [0.2, 0.25) is 0 Å². The molecule has 1 saturated heterocycles. The Morgan fingerprint density at radius 1 is 1.19 bits per heavy atom. The Labute approximate surface area is 99.4 Å². The summed E-state index contributed by atoms with van der Waals surface area (Å²) in [6.07, 6.45) is 3.90. The summed E-state index contributed by atoms with van der Waals surface area (Å²) in [6, 6.07) is 0.914. The van der Waals surface area contributed by atoms with Crippen LogP contribution in [0.15, 0.2) is 0 Å². The van der Waals surface area contributed by atoms with Crippen molar-refractivity contribution in [2.45, 2.75) is 39.2 Å². The Balaban J connectivity index is 1.75. The molecular formula is C13H26N2O. The third-order valence-corrected chi connectivity index (χ3v) is 4.31. The molecule has 0 aromatic carbocycles. The van der Waals surface area contributed by atoms with E-state index in [0.717, 1.165) is 19.0 Å². The number of aliphatic hydroxyl groups is 1. The molecule has 1 aliphatic carbocycles. The van der Waals surface area contributed by atoms with Crippen LogP contribution < -0.4 is 0 Å². The maximum absolute atomic E-state index is 9.43. The van der Waals surface area contributed by atoms with Crippen LogP contribution in [-0.4, -0.2) is 60.3 Å². The van der Waals surface area contributed by atoms with E-state index in [2.05, 4.69) is 23.6 Å². The first-order chi connectivity index (χ1) is 7.67. The molecule has 0 bridgehead atoms. The standard InChI is InChI=1S/C13H26N2O/c1-3-13(2,11-16)10-14-6-8-15(9-7-14)12-4-5-12/h12,16H,3-11H2,1-2H3. The van der Waals surface area contributed by atoms with Gasteiger partial charge in [-0.25, -0.2) is 0 Å². The van der Waals surface area contributed by atoms with E-state index >= 15 is 0 Å². The third-order valence-electron chi connectivity index (χ3n) is 4.31. The lowest BCUT2D eigenvalue weighted by Gasteiger charge is -2.39. The molecule has 1 aliphatic heterocycles. The monoisotopic (exact) mass is 226 g/mol. The fourth-order valence-electron chi connectivity index (χ4n) is 2.54. The van der Waals surface area contributed by atoms with Crippen molar-refractivity contribution < 1.29 is 5.11 Å². The van der Waals surface area contributed by atoms with Crippen LogP contribution in [0.25, 0.3) is 0 Å². The molecule has 0 radical (unpaired) electrons. The van der Waals surface area contributed by atoms with Gasteiger partial charge in [0.05, 0.1) is 0 Å². The molecule has 1 heterocycles. The lowest BCUT2D eigenvalue weighted by molar-refractivity contribution is 0.0521. The number of nitrogens with zero attached hydrogens (tertiary/aromatic N) is 2. The summed E-state index contributed by atoms with van der Waals surface area (Å²) in [5, 5.41) is 9.43. The van der Waals surface area contributed by atoms with Gasteiger partial charge >= 0.3 is 0 Å². The fourth-order valence-corrected chi connectivity index (χ4v) is 2.54. The molecule has 1 saturated carbocycles. The van der Waals surface area contributed by atoms with Crippen molar-refractivity contribution >= 4 is 0 Å². The molecule has 1 N–H and O–H groups in total. The van der Waals surface area contributed by atoms with E-state index in [1.807, 2.05) is 0 Å². The molecule has 0 amide bonds. The normalized spacial score (nSPS) is 27.9.